The molecule has 0 saturated heterocycles. The number of nitrogens with zero attached hydrogens (tertiary/aromatic N) is 1. The van der Waals surface area contributed by atoms with Crippen LogP contribution in [-0.2, 0) is 0 Å². The number of hydrogen-bond donors (Lipinski definition) is 3. The molecule has 0 fully saturated rings. The Balaban J connectivity index is 2.08. The van der Waals surface area contributed by atoms with Crippen molar-refractivity contribution in [2.75, 3.05) is 12.3 Å². The molecular weight excluding hydrogens is 325 g/mol. The predicted octanol–water partition coefficient (Wildman–Crippen LogP) is 3.53. The zero-order valence-electron chi connectivity index (χ0n) is 14.2. The van der Waals surface area contributed by atoms with Crippen LogP contribution in [0.5, 0.6) is 5.75 Å². The summed E-state index contributed by atoms with van der Waals surface area (Å²) >= 11 is 0. The molecule has 134 valence electrons. The van der Waals surface area contributed by atoms with Crippen molar-refractivity contribution in [2.45, 2.75) is 26.3 Å². The van der Waals surface area contributed by atoms with Crippen LogP contribution in [-0.4, -0.2) is 28.8 Å². The molecule has 6 nitrogen and oxygen atoms in total. The lowest BCUT2D eigenvalue weighted by atomic mass is 10.0. The highest BCUT2D eigenvalue weighted by Crippen LogP contribution is 2.26. The van der Waals surface area contributed by atoms with Crippen LogP contribution < -0.4 is 15.8 Å². The number of halogens is 1. The Kier molecular flexibility index (Phi) is 6.16. The summed E-state index contributed by atoms with van der Waals surface area (Å²) in [7, 11) is 0. The summed E-state index contributed by atoms with van der Waals surface area (Å²) in [4.78, 5) is 14.7. The second-order valence-corrected chi connectivity index (χ2v) is 6.20. The molecule has 0 aliphatic heterocycles. The zero-order chi connectivity index (χ0) is 18.4. The van der Waals surface area contributed by atoms with Gasteiger partial charge in [-0.1, -0.05) is 19.9 Å². The number of nitrogens with two attached hydrogens (primary N) is 1. The van der Waals surface area contributed by atoms with Gasteiger partial charge in [0, 0.05) is 6.20 Å². The second kappa shape index (κ2) is 8.32. The normalized spacial score (nSPS) is 12.0. The van der Waals surface area contributed by atoms with E-state index in [0.29, 0.717) is 17.8 Å². The van der Waals surface area contributed by atoms with Gasteiger partial charge >= 0.3 is 6.09 Å². The number of ether oxygens (including phenoxy) is 1. The van der Waals surface area contributed by atoms with E-state index < -0.39 is 18.0 Å². The fraction of sp³-hybridized carbons (Fsp3) is 0.333. The SMILES string of the molecule is CC(C)CC(COc1ccc(-c2ccnc(N)c2)cc1F)NC(=O)O. The molecule has 0 radical (unpaired) electrons. The minimum absolute atomic E-state index is 0.0585. The third-order valence-corrected chi connectivity index (χ3v) is 3.57. The number of nitrogen functional groups attached to an aromatic ring is 1. The maximum Gasteiger partial charge on any atom is 0.404 e. The van der Waals surface area contributed by atoms with Crippen molar-refractivity contribution in [1.29, 1.82) is 0 Å². The highest BCUT2D eigenvalue weighted by atomic mass is 19.1. The standard InChI is InChI=1S/C18H22FN3O3/c1-11(2)7-14(22-18(23)24)10-25-16-4-3-12(8-15(16)19)13-5-6-21-17(20)9-13/h3-6,8-9,11,14,22H,7,10H2,1-2H3,(H2,20,21)(H,23,24). The highest BCUT2D eigenvalue weighted by Gasteiger charge is 2.15. The van der Waals surface area contributed by atoms with Crippen LogP contribution in [0, 0.1) is 11.7 Å². The lowest BCUT2D eigenvalue weighted by Crippen LogP contribution is -2.39. The van der Waals surface area contributed by atoms with Gasteiger partial charge in [-0.05, 0) is 47.7 Å². The van der Waals surface area contributed by atoms with Crippen molar-refractivity contribution in [3.8, 4) is 16.9 Å². The molecule has 0 saturated carbocycles. The monoisotopic (exact) mass is 347 g/mol. The molecule has 0 aliphatic carbocycles. The first-order valence-electron chi connectivity index (χ1n) is 7.99. The van der Waals surface area contributed by atoms with Crippen LogP contribution in [0.2, 0.25) is 0 Å². The largest absolute Gasteiger partial charge is 0.488 e. The van der Waals surface area contributed by atoms with Crippen LogP contribution >= 0.6 is 0 Å². The fourth-order valence-electron chi connectivity index (χ4n) is 2.53. The van der Waals surface area contributed by atoms with Gasteiger partial charge in [0.05, 0.1) is 6.04 Å². The van der Waals surface area contributed by atoms with Crippen LogP contribution in [0.3, 0.4) is 0 Å². The molecule has 2 aromatic rings. The van der Waals surface area contributed by atoms with Gasteiger partial charge in [0.15, 0.2) is 11.6 Å². The Morgan fingerprint density at radius 2 is 2.04 bits per heavy atom. The Morgan fingerprint density at radius 3 is 2.64 bits per heavy atom. The van der Waals surface area contributed by atoms with E-state index in [1.54, 1.807) is 24.4 Å². The predicted molar refractivity (Wildman–Crippen MR) is 93.9 cm³/mol. The van der Waals surface area contributed by atoms with Gasteiger partial charge in [0.1, 0.15) is 12.4 Å². The van der Waals surface area contributed by atoms with E-state index in [4.69, 9.17) is 15.6 Å². The third kappa shape index (κ3) is 5.63. The Hall–Kier alpha value is -2.83. The van der Waals surface area contributed by atoms with Crippen LogP contribution in [0.1, 0.15) is 20.3 Å². The smallest absolute Gasteiger partial charge is 0.404 e. The van der Waals surface area contributed by atoms with E-state index in [1.807, 2.05) is 13.8 Å². The van der Waals surface area contributed by atoms with Gasteiger partial charge in [-0.2, -0.15) is 0 Å². The van der Waals surface area contributed by atoms with Gasteiger partial charge in [-0.15, -0.1) is 0 Å². The maximum absolute atomic E-state index is 14.3. The summed E-state index contributed by atoms with van der Waals surface area (Å²) in [5, 5.41) is 11.3. The van der Waals surface area contributed by atoms with Gasteiger partial charge in [-0.25, -0.2) is 14.2 Å². The first-order chi connectivity index (χ1) is 11.8. The number of hydrogen-bond acceptors (Lipinski definition) is 4. The average molecular weight is 347 g/mol. The maximum atomic E-state index is 14.3. The zero-order valence-corrected chi connectivity index (χ0v) is 14.2. The lowest BCUT2D eigenvalue weighted by molar-refractivity contribution is 0.175. The first kappa shape index (κ1) is 18.5. The Morgan fingerprint density at radius 1 is 1.32 bits per heavy atom. The number of nitrogens with one attached hydrogen (secondary N) is 1. The second-order valence-electron chi connectivity index (χ2n) is 6.20. The minimum atomic E-state index is -1.12. The number of anilines is 1. The van der Waals surface area contributed by atoms with Crippen LogP contribution in [0.15, 0.2) is 36.5 Å². The van der Waals surface area contributed by atoms with E-state index in [0.717, 1.165) is 5.56 Å². The fourth-order valence-corrected chi connectivity index (χ4v) is 2.53. The average Bonchev–Trinajstić information content (AvgIpc) is 2.52. The van der Waals surface area contributed by atoms with Gasteiger partial charge < -0.3 is 20.9 Å². The first-order valence-corrected chi connectivity index (χ1v) is 7.99. The van der Waals surface area contributed by atoms with Crippen molar-refractivity contribution in [1.82, 2.24) is 10.3 Å². The summed E-state index contributed by atoms with van der Waals surface area (Å²) in [5.41, 5.74) is 7.05. The van der Waals surface area contributed by atoms with E-state index in [-0.39, 0.29) is 18.3 Å². The molecule has 1 amide bonds. The van der Waals surface area contributed by atoms with E-state index in [1.165, 1.54) is 12.1 Å². The van der Waals surface area contributed by atoms with Crippen molar-refractivity contribution in [3.63, 3.8) is 0 Å². The van der Waals surface area contributed by atoms with Crippen molar-refractivity contribution >= 4 is 11.9 Å². The number of pyridine rings is 1. The van der Waals surface area contributed by atoms with Crippen molar-refractivity contribution in [3.05, 3.63) is 42.3 Å². The number of aromatic nitrogens is 1. The van der Waals surface area contributed by atoms with E-state index >= 15 is 0 Å². The number of benzene rings is 1. The molecule has 4 N–H and O–H groups in total. The number of carboxylic acid groups (broad SMARTS) is 1. The molecule has 0 spiro atoms. The summed E-state index contributed by atoms with van der Waals surface area (Å²) in [6.45, 7) is 4.02. The molecule has 0 bridgehead atoms. The molecule has 2 rings (SSSR count). The molecule has 7 heteroatoms. The van der Waals surface area contributed by atoms with Crippen molar-refractivity contribution in [2.24, 2.45) is 5.92 Å². The molecule has 1 aromatic heterocycles. The minimum Gasteiger partial charge on any atom is -0.488 e. The number of carbonyl (C=O) groups is 1. The molecule has 1 unspecified atom stereocenters. The number of amides is 1. The lowest BCUT2D eigenvalue weighted by Gasteiger charge is -2.19. The van der Waals surface area contributed by atoms with Gasteiger partial charge in [-0.3, -0.25) is 0 Å². The molecular formula is C18H22FN3O3. The summed E-state index contributed by atoms with van der Waals surface area (Å²) in [5.74, 6) is 0.192. The molecule has 25 heavy (non-hydrogen) atoms. The van der Waals surface area contributed by atoms with Crippen molar-refractivity contribution < 1.29 is 19.0 Å². The third-order valence-electron chi connectivity index (χ3n) is 3.57. The quantitative estimate of drug-likeness (QED) is 0.712. The van der Waals surface area contributed by atoms with Gasteiger partial charge in [0.2, 0.25) is 0 Å². The number of rotatable bonds is 7. The highest BCUT2D eigenvalue weighted by molar-refractivity contribution is 5.66. The summed E-state index contributed by atoms with van der Waals surface area (Å²) in [6, 6.07) is 7.58. The molecule has 1 heterocycles. The summed E-state index contributed by atoms with van der Waals surface area (Å²) in [6.07, 6.45) is 1.03. The van der Waals surface area contributed by atoms with Crippen LogP contribution in [0.4, 0.5) is 15.0 Å². The molecule has 1 aromatic carbocycles. The Labute approximate surface area is 145 Å². The van der Waals surface area contributed by atoms with Crippen LogP contribution in [0.25, 0.3) is 11.1 Å². The van der Waals surface area contributed by atoms with E-state index in [9.17, 15) is 9.18 Å². The van der Waals surface area contributed by atoms with E-state index in [2.05, 4.69) is 10.3 Å². The summed E-state index contributed by atoms with van der Waals surface area (Å²) < 4.78 is 19.8. The topological polar surface area (TPSA) is 97.5 Å². The van der Waals surface area contributed by atoms with Gasteiger partial charge in [0.25, 0.3) is 0 Å². The Bertz CT molecular complexity index is 737. The molecule has 0 aliphatic rings. The molecule has 1 atom stereocenters.